The number of hydrogen-bond donors (Lipinski definition) is 4. The Morgan fingerprint density at radius 1 is 0.821 bits per heavy atom. The quantitative estimate of drug-likeness (QED) is 0.167. The smallest absolute Gasteiger partial charge is 0.548 e. The summed E-state index contributed by atoms with van der Waals surface area (Å²) in [7, 11) is -0.490. The van der Waals surface area contributed by atoms with Gasteiger partial charge in [-0.1, -0.05) is 60.1 Å². The summed E-state index contributed by atoms with van der Waals surface area (Å²) in [6, 6.07) is 13.5. The predicted octanol–water partition coefficient (Wildman–Crippen LogP) is 1.08. The molecule has 2 amide bonds. The van der Waals surface area contributed by atoms with Crippen molar-refractivity contribution in [1.82, 2.24) is 20.6 Å². The van der Waals surface area contributed by atoms with Gasteiger partial charge >= 0.3 is 44.1 Å². The largest absolute Gasteiger partial charge is 1.00 e. The van der Waals surface area contributed by atoms with Crippen LogP contribution in [-0.2, 0) is 41.2 Å². The number of amides is 2. The molecule has 2 atom stereocenters. The average molecular weight is 790 g/mol. The molecule has 298 valence electrons. The molecule has 15 nitrogen and oxygen atoms in total. The normalized spacial score (nSPS) is 15.5. The minimum Gasteiger partial charge on any atom is -0.548 e. The number of rotatable bonds is 10. The second-order valence-corrected chi connectivity index (χ2v) is 16.3. The third-order valence-electron chi connectivity index (χ3n) is 8.31. The number of ether oxygens (including phenoxy) is 2. The number of nitrogens with one attached hydrogen (secondary N) is 2. The second-order valence-electron chi connectivity index (χ2n) is 15.9. The number of nitrogen functional groups attached to an aromatic ring is 1. The van der Waals surface area contributed by atoms with Crippen LogP contribution in [0.25, 0.3) is 11.3 Å². The van der Waals surface area contributed by atoms with Crippen molar-refractivity contribution in [3.05, 3.63) is 70.9 Å². The van der Waals surface area contributed by atoms with E-state index in [9.17, 15) is 29.4 Å². The molecule has 18 heteroatoms. The Morgan fingerprint density at radius 3 is 1.66 bits per heavy atom. The van der Waals surface area contributed by atoms with Gasteiger partial charge in [0.25, 0.3) is 0 Å². The average Bonchev–Trinajstić information content (AvgIpc) is 3.25. The Balaban J connectivity index is 0.000000380. The number of aromatic nitrogens is 2. The van der Waals surface area contributed by atoms with E-state index in [-0.39, 0.29) is 42.8 Å². The second kappa shape index (κ2) is 19.2. The van der Waals surface area contributed by atoms with Crippen molar-refractivity contribution in [2.45, 2.75) is 117 Å². The maximum atomic E-state index is 11.9. The number of benzene rings is 2. The number of nitrogens with two attached hydrogens (primary N) is 1. The predicted molar refractivity (Wildman–Crippen MR) is 205 cm³/mol. The van der Waals surface area contributed by atoms with Gasteiger partial charge in [0, 0.05) is 18.1 Å². The molecule has 3 aromatic rings. The molecular formula is C38H50BClLiN5O10. The van der Waals surface area contributed by atoms with Crippen LogP contribution in [0.3, 0.4) is 0 Å². The molecule has 1 aliphatic heterocycles. The zero-order valence-electron chi connectivity index (χ0n) is 33.8. The third kappa shape index (κ3) is 15.0. The third-order valence-corrected chi connectivity index (χ3v) is 8.50. The molecule has 2 heterocycles. The Bertz CT molecular complexity index is 1800. The molecule has 0 saturated carbocycles. The van der Waals surface area contributed by atoms with E-state index in [0.717, 1.165) is 22.2 Å². The number of aliphatic carboxylic acids is 2. The molecule has 56 heavy (non-hydrogen) atoms. The van der Waals surface area contributed by atoms with Crippen LogP contribution >= 0.6 is 11.6 Å². The summed E-state index contributed by atoms with van der Waals surface area (Å²) in [6.07, 6.45) is -1.40. The number of carboxylic acid groups (broad SMARTS) is 2. The Labute approximate surface area is 345 Å². The number of carbonyl (C=O) groups excluding carboxylic acids is 3. The number of anilines is 1. The van der Waals surface area contributed by atoms with Crippen LogP contribution in [0, 0.1) is 0 Å². The topological polar surface area (TPSA) is 224 Å². The molecular weight excluding hydrogens is 740 g/mol. The first-order chi connectivity index (χ1) is 25.2. The molecule has 2 aromatic carbocycles. The van der Waals surface area contributed by atoms with E-state index in [4.69, 9.17) is 36.1 Å². The molecule has 5 N–H and O–H groups in total. The molecule has 1 aromatic heterocycles. The fraction of sp³-hybridized carbons (Fsp3) is 0.474. The van der Waals surface area contributed by atoms with Crippen LogP contribution in [0.15, 0.2) is 54.6 Å². The molecule has 1 aliphatic rings. The van der Waals surface area contributed by atoms with E-state index in [2.05, 4.69) is 20.6 Å². The van der Waals surface area contributed by atoms with Crippen molar-refractivity contribution in [3.63, 3.8) is 0 Å². The number of halogens is 1. The van der Waals surface area contributed by atoms with E-state index < -0.39 is 65.7 Å². The number of alkyl carbamates (subject to hydrolysis) is 2. The van der Waals surface area contributed by atoms with Gasteiger partial charge in [0.05, 0.1) is 28.9 Å². The molecule has 0 bridgehead atoms. The van der Waals surface area contributed by atoms with Crippen LogP contribution in [-0.4, -0.2) is 80.8 Å². The van der Waals surface area contributed by atoms with Gasteiger partial charge in [-0.05, 0) is 92.2 Å². The standard InChI is InChI=1S/C20H30BNO6.C18H21ClN4O4.Li/c1-18(2,3)26-17(25)22-15(16(23)24)12-13-8-10-14(11-9-13)21-27-19(4,5)20(6,7)28-21;1-18(2,3)27-17(26)22-13(15(24)25)8-10-4-6-11(7-5-10)12-9-14(19)23-16(20)21-12;/h8-11,15H,12H2,1-7H3,(H,22,25)(H,23,24);4-7,9,13H,8H2,1-3H3,(H,22,26)(H,24,25)(H2,20,21,23);/q;;+1/p-1/t15-;13-;/m00./s1. The van der Waals surface area contributed by atoms with Crippen LogP contribution in [0.1, 0.15) is 80.4 Å². The van der Waals surface area contributed by atoms with Crippen molar-refractivity contribution >= 4 is 54.3 Å². The minimum absolute atomic E-state index is 0. The summed E-state index contributed by atoms with van der Waals surface area (Å²) in [5, 5.41) is 25.7. The first kappa shape index (κ1) is 47.8. The zero-order valence-corrected chi connectivity index (χ0v) is 34.6. The van der Waals surface area contributed by atoms with Crippen molar-refractivity contribution in [3.8, 4) is 11.3 Å². The summed E-state index contributed by atoms with van der Waals surface area (Å²) >= 11 is 5.88. The van der Waals surface area contributed by atoms with Crippen molar-refractivity contribution < 1.29 is 67.0 Å². The zero-order chi connectivity index (χ0) is 41.5. The summed E-state index contributed by atoms with van der Waals surface area (Å²) < 4.78 is 22.2. The van der Waals surface area contributed by atoms with Gasteiger partial charge in [-0.25, -0.2) is 24.4 Å². The Morgan fingerprint density at radius 2 is 1.25 bits per heavy atom. The van der Waals surface area contributed by atoms with Gasteiger partial charge < -0.3 is 50.2 Å². The van der Waals surface area contributed by atoms with Crippen LogP contribution in [0.5, 0.6) is 0 Å². The minimum atomic E-state index is -1.37. The molecule has 0 radical (unpaired) electrons. The monoisotopic (exact) mass is 789 g/mol. The number of nitrogens with zero attached hydrogens (tertiary/aromatic N) is 2. The molecule has 1 fully saturated rings. The van der Waals surface area contributed by atoms with Crippen molar-refractivity contribution in [2.75, 3.05) is 5.73 Å². The molecule has 4 rings (SSSR count). The maximum absolute atomic E-state index is 11.9. The van der Waals surface area contributed by atoms with Gasteiger partial charge in [0.2, 0.25) is 5.95 Å². The summed E-state index contributed by atoms with van der Waals surface area (Å²) in [4.78, 5) is 54.5. The Hall–Kier alpha value is -4.33. The van der Waals surface area contributed by atoms with E-state index >= 15 is 0 Å². The first-order valence-corrected chi connectivity index (χ1v) is 17.9. The van der Waals surface area contributed by atoms with Crippen LogP contribution in [0.4, 0.5) is 15.5 Å². The van der Waals surface area contributed by atoms with E-state index in [1.54, 1.807) is 84.0 Å². The van der Waals surface area contributed by atoms with Crippen LogP contribution in [0.2, 0.25) is 5.15 Å². The van der Waals surface area contributed by atoms with E-state index in [1.165, 1.54) is 0 Å². The van der Waals surface area contributed by atoms with Gasteiger partial charge in [-0.15, -0.1) is 0 Å². The van der Waals surface area contributed by atoms with Gasteiger partial charge in [0.15, 0.2) is 0 Å². The van der Waals surface area contributed by atoms with E-state index in [1.807, 2.05) is 39.8 Å². The van der Waals surface area contributed by atoms with Crippen LogP contribution < -0.4 is 45.8 Å². The first-order valence-electron chi connectivity index (χ1n) is 17.5. The maximum Gasteiger partial charge on any atom is 1.00 e. The van der Waals surface area contributed by atoms with Gasteiger partial charge in [-0.3, -0.25) is 0 Å². The summed E-state index contributed by atoms with van der Waals surface area (Å²) in [6.45, 7) is 18.1. The fourth-order valence-corrected chi connectivity index (χ4v) is 5.14. The summed E-state index contributed by atoms with van der Waals surface area (Å²) in [5.74, 6) is -2.46. The SMILES string of the molecule is CC(C)(C)OC(=O)N[C@@H](Cc1ccc(-c2cc(Cl)nc(N)n2)cc1)C(=O)O.CC(C)(C)OC(=O)N[C@@H](Cc1ccc(B2OC(C)(C)C(C)(C)O2)cc1)C(=O)[O-].[Li+]. The molecule has 0 aliphatic carbocycles. The van der Waals surface area contributed by atoms with Gasteiger partial charge in [0.1, 0.15) is 22.4 Å². The fourth-order valence-electron chi connectivity index (χ4n) is 4.95. The molecule has 0 spiro atoms. The Kier molecular flexibility index (Phi) is 16.4. The van der Waals surface area contributed by atoms with E-state index in [0.29, 0.717) is 5.69 Å². The molecule has 0 unspecified atom stereocenters. The number of carbonyl (C=O) groups is 4. The summed E-state index contributed by atoms with van der Waals surface area (Å²) in [5.41, 5.74) is 6.88. The van der Waals surface area contributed by atoms with Gasteiger partial charge in [-0.2, -0.15) is 0 Å². The molecule has 1 saturated heterocycles. The van der Waals surface area contributed by atoms with Crippen molar-refractivity contribution in [1.29, 1.82) is 0 Å². The van der Waals surface area contributed by atoms with Crippen molar-refractivity contribution in [2.24, 2.45) is 0 Å². The number of carboxylic acids is 2. The number of hydrogen-bond acceptors (Lipinski definition) is 12.